The molecule has 98 valence electrons. The SMILES string of the molecule is CC1CN(C)CCN1C(=NC1CCCC1)NN. The average molecular weight is 239 g/mol. The molecule has 0 aromatic carbocycles. The Morgan fingerprint density at radius 3 is 2.59 bits per heavy atom. The van der Waals surface area contributed by atoms with E-state index in [1.54, 1.807) is 0 Å². The number of rotatable bonds is 1. The van der Waals surface area contributed by atoms with E-state index in [-0.39, 0.29) is 0 Å². The van der Waals surface area contributed by atoms with E-state index in [2.05, 4.69) is 29.2 Å². The first-order valence-electron chi connectivity index (χ1n) is 6.70. The summed E-state index contributed by atoms with van der Waals surface area (Å²) < 4.78 is 0. The van der Waals surface area contributed by atoms with Crippen LogP contribution in [0.5, 0.6) is 0 Å². The molecule has 0 spiro atoms. The lowest BCUT2D eigenvalue weighted by molar-refractivity contribution is 0.157. The van der Waals surface area contributed by atoms with Crippen LogP contribution in [-0.2, 0) is 0 Å². The zero-order chi connectivity index (χ0) is 12.3. The minimum atomic E-state index is 0.477. The quantitative estimate of drug-likeness (QED) is 0.301. The molecule has 5 nitrogen and oxygen atoms in total. The lowest BCUT2D eigenvalue weighted by atomic mass is 10.2. The van der Waals surface area contributed by atoms with Crippen LogP contribution in [0.3, 0.4) is 0 Å². The number of guanidine groups is 1. The number of nitrogens with one attached hydrogen (secondary N) is 1. The highest BCUT2D eigenvalue weighted by Gasteiger charge is 2.25. The van der Waals surface area contributed by atoms with Crippen molar-refractivity contribution in [2.45, 2.75) is 44.7 Å². The fourth-order valence-electron chi connectivity index (χ4n) is 2.86. The van der Waals surface area contributed by atoms with Gasteiger partial charge in [0.2, 0.25) is 5.96 Å². The van der Waals surface area contributed by atoms with Gasteiger partial charge in [-0.1, -0.05) is 12.8 Å². The lowest BCUT2D eigenvalue weighted by Gasteiger charge is -2.39. The number of hydrazine groups is 1. The summed E-state index contributed by atoms with van der Waals surface area (Å²) in [5.41, 5.74) is 2.80. The third-order valence-electron chi connectivity index (χ3n) is 3.86. The van der Waals surface area contributed by atoms with Crippen molar-refractivity contribution in [3.8, 4) is 0 Å². The van der Waals surface area contributed by atoms with Gasteiger partial charge in [0.05, 0.1) is 6.04 Å². The van der Waals surface area contributed by atoms with Crippen LogP contribution in [0, 0.1) is 0 Å². The third-order valence-corrected chi connectivity index (χ3v) is 3.86. The van der Waals surface area contributed by atoms with E-state index in [0.29, 0.717) is 12.1 Å². The van der Waals surface area contributed by atoms with Crippen molar-refractivity contribution in [3.05, 3.63) is 0 Å². The largest absolute Gasteiger partial charge is 0.337 e. The molecule has 0 amide bonds. The minimum Gasteiger partial charge on any atom is -0.337 e. The topological polar surface area (TPSA) is 56.9 Å². The van der Waals surface area contributed by atoms with Crippen LogP contribution < -0.4 is 11.3 Å². The second-order valence-corrected chi connectivity index (χ2v) is 5.34. The van der Waals surface area contributed by atoms with Crippen molar-refractivity contribution in [1.82, 2.24) is 15.2 Å². The molecular formula is C12H25N5. The Labute approximate surface area is 104 Å². The van der Waals surface area contributed by atoms with Gasteiger partial charge in [-0.2, -0.15) is 0 Å². The fourth-order valence-corrected chi connectivity index (χ4v) is 2.86. The van der Waals surface area contributed by atoms with Gasteiger partial charge in [0.15, 0.2) is 0 Å². The molecular weight excluding hydrogens is 214 g/mol. The molecule has 17 heavy (non-hydrogen) atoms. The molecule has 0 radical (unpaired) electrons. The van der Waals surface area contributed by atoms with Crippen LogP contribution in [0.25, 0.3) is 0 Å². The Bertz CT molecular complexity index is 272. The van der Waals surface area contributed by atoms with Crippen LogP contribution in [0.2, 0.25) is 0 Å². The van der Waals surface area contributed by atoms with Crippen LogP contribution in [0.15, 0.2) is 4.99 Å². The molecule has 5 heteroatoms. The summed E-state index contributed by atoms with van der Waals surface area (Å²) in [7, 11) is 2.16. The van der Waals surface area contributed by atoms with Gasteiger partial charge in [0, 0.05) is 25.7 Å². The van der Waals surface area contributed by atoms with E-state index >= 15 is 0 Å². The van der Waals surface area contributed by atoms with Crippen molar-refractivity contribution in [2.75, 3.05) is 26.7 Å². The van der Waals surface area contributed by atoms with Gasteiger partial charge < -0.3 is 9.80 Å². The summed E-state index contributed by atoms with van der Waals surface area (Å²) in [6, 6.07) is 0.956. The Hall–Kier alpha value is -0.810. The van der Waals surface area contributed by atoms with E-state index in [9.17, 15) is 0 Å². The Morgan fingerprint density at radius 1 is 1.29 bits per heavy atom. The fraction of sp³-hybridized carbons (Fsp3) is 0.917. The summed E-state index contributed by atoms with van der Waals surface area (Å²) in [6.07, 6.45) is 5.05. The highest BCUT2D eigenvalue weighted by atomic mass is 15.4. The average Bonchev–Trinajstić information content (AvgIpc) is 2.79. The van der Waals surface area contributed by atoms with Crippen molar-refractivity contribution in [3.63, 3.8) is 0 Å². The molecule has 2 aliphatic rings. The molecule has 1 saturated carbocycles. The van der Waals surface area contributed by atoms with Gasteiger partial charge in [-0.25, -0.2) is 10.8 Å². The van der Waals surface area contributed by atoms with Crippen molar-refractivity contribution in [1.29, 1.82) is 0 Å². The van der Waals surface area contributed by atoms with Crippen molar-refractivity contribution < 1.29 is 0 Å². The second-order valence-electron chi connectivity index (χ2n) is 5.34. The smallest absolute Gasteiger partial charge is 0.209 e. The Morgan fingerprint density at radius 2 is 2.00 bits per heavy atom. The van der Waals surface area contributed by atoms with E-state index in [1.165, 1.54) is 25.7 Å². The molecule has 0 aromatic heterocycles. The first-order chi connectivity index (χ1) is 8.20. The zero-order valence-corrected chi connectivity index (χ0v) is 11.0. The van der Waals surface area contributed by atoms with Crippen LogP contribution in [0.4, 0.5) is 0 Å². The number of hydrogen-bond donors (Lipinski definition) is 2. The maximum atomic E-state index is 5.64. The zero-order valence-electron chi connectivity index (χ0n) is 11.0. The van der Waals surface area contributed by atoms with Gasteiger partial charge in [0.1, 0.15) is 0 Å². The summed E-state index contributed by atoms with van der Waals surface area (Å²) in [5, 5.41) is 0. The summed E-state index contributed by atoms with van der Waals surface area (Å²) >= 11 is 0. The molecule has 1 atom stereocenters. The number of aliphatic imine (C=N–C) groups is 1. The predicted molar refractivity (Wildman–Crippen MR) is 70.7 cm³/mol. The first kappa shape index (κ1) is 12.6. The maximum Gasteiger partial charge on any atom is 0.209 e. The normalized spacial score (nSPS) is 28.8. The molecule has 2 fully saturated rings. The summed E-state index contributed by atoms with van der Waals surface area (Å²) in [6.45, 7) is 5.39. The summed E-state index contributed by atoms with van der Waals surface area (Å²) in [4.78, 5) is 9.44. The van der Waals surface area contributed by atoms with Gasteiger partial charge in [-0.05, 0) is 26.8 Å². The molecule has 0 aromatic rings. The molecule has 1 aliphatic heterocycles. The van der Waals surface area contributed by atoms with Gasteiger partial charge in [-0.3, -0.25) is 5.43 Å². The Kier molecular flexibility index (Phi) is 4.23. The van der Waals surface area contributed by atoms with Crippen molar-refractivity contribution in [2.24, 2.45) is 10.8 Å². The summed E-state index contributed by atoms with van der Waals surface area (Å²) in [5.74, 6) is 6.53. The third kappa shape index (κ3) is 3.10. The monoisotopic (exact) mass is 239 g/mol. The molecule has 2 rings (SSSR count). The van der Waals surface area contributed by atoms with Gasteiger partial charge in [0.25, 0.3) is 0 Å². The highest BCUT2D eigenvalue weighted by Crippen LogP contribution is 2.21. The highest BCUT2D eigenvalue weighted by molar-refractivity contribution is 5.80. The van der Waals surface area contributed by atoms with E-state index in [4.69, 9.17) is 10.8 Å². The van der Waals surface area contributed by atoms with Crippen molar-refractivity contribution >= 4 is 5.96 Å². The lowest BCUT2D eigenvalue weighted by Crippen LogP contribution is -2.57. The molecule has 1 aliphatic carbocycles. The number of nitrogens with two attached hydrogens (primary N) is 1. The van der Waals surface area contributed by atoms with Crippen LogP contribution in [-0.4, -0.2) is 54.5 Å². The van der Waals surface area contributed by atoms with E-state index in [0.717, 1.165) is 25.6 Å². The number of nitrogens with zero attached hydrogens (tertiary/aromatic N) is 3. The standard InChI is InChI=1S/C12H25N5/c1-10-9-16(2)7-8-17(10)12(15-13)14-11-5-3-4-6-11/h10-11H,3-9,13H2,1-2H3,(H,14,15). The second kappa shape index (κ2) is 5.69. The maximum absolute atomic E-state index is 5.64. The van der Waals surface area contributed by atoms with Crippen LogP contribution >= 0.6 is 0 Å². The molecule has 3 N–H and O–H groups in total. The molecule has 1 heterocycles. The molecule has 1 unspecified atom stereocenters. The number of likely N-dealkylation sites (N-methyl/N-ethyl adjacent to an activating group) is 1. The minimum absolute atomic E-state index is 0.477. The first-order valence-corrected chi connectivity index (χ1v) is 6.70. The number of piperazine rings is 1. The molecule has 1 saturated heterocycles. The van der Waals surface area contributed by atoms with Gasteiger partial charge >= 0.3 is 0 Å². The van der Waals surface area contributed by atoms with E-state index < -0.39 is 0 Å². The van der Waals surface area contributed by atoms with Gasteiger partial charge in [-0.15, -0.1) is 0 Å². The Balaban J connectivity index is 2.01. The van der Waals surface area contributed by atoms with E-state index in [1.807, 2.05) is 0 Å². The van der Waals surface area contributed by atoms with Crippen LogP contribution in [0.1, 0.15) is 32.6 Å². The number of hydrogen-bond acceptors (Lipinski definition) is 3. The molecule has 0 bridgehead atoms. The predicted octanol–water partition coefficient (Wildman–Crippen LogP) is 0.384.